The molecule has 1 saturated heterocycles. The van der Waals surface area contributed by atoms with Crippen LogP contribution in [0.3, 0.4) is 0 Å². The van der Waals surface area contributed by atoms with Crippen molar-refractivity contribution >= 4 is 15.9 Å². The number of benzene rings is 1. The average Bonchev–Trinajstić information content (AvgIpc) is 2.44. The summed E-state index contributed by atoms with van der Waals surface area (Å²) in [5.74, 6) is 0. The van der Waals surface area contributed by atoms with Gasteiger partial charge in [0.15, 0.2) is 0 Å². The molecule has 1 spiro atoms. The normalized spacial score (nSPS) is 25.1. The van der Waals surface area contributed by atoms with E-state index in [4.69, 9.17) is 0 Å². The van der Waals surface area contributed by atoms with Crippen LogP contribution >= 0.6 is 15.9 Å². The van der Waals surface area contributed by atoms with Gasteiger partial charge in [0, 0.05) is 35.2 Å². The van der Waals surface area contributed by atoms with Gasteiger partial charge in [0.1, 0.15) is 0 Å². The number of halogens is 1. The number of rotatable bonds is 2. The SMILES string of the molecule is CC1(C)CN(Cc2cccc(Br)c2)C2(CCCCC2)CN1. The van der Waals surface area contributed by atoms with E-state index in [1.54, 1.807) is 0 Å². The lowest BCUT2D eigenvalue weighted by Gasteiger charge is -2.54. The third-order valence-electron chi connectivity index (χ3n) is 5.20. The van der Waals surface area contributed by atoms with Gasteiger partial charge in [0.2, 0.25) is 0 Å². The topological polar surface area (TPSA) is 15.3 Å². The van der Waals surface area contributed by atoms with Gasteiger partial charge in [-0.3, -0.25) is 4.90 Å². The molecule has 3 rings (SSSR count). The van der Waals surface area contributed by atoms with Gasteiger partial charge in [-0.1, -0.05) is 47.3 Å². The van der Waals surface area contributed by atoms with Gasteiger partial charge < -0.3 is 5.32 Å². The summed E-state index contributed by atoms with van der Waals surface area (Å²) in [6.45, 7) is 8.02. The van der Waals surface area contributed by atoms with Gasteiger partial charge in [-0.2, -0.15) is 0 Å². The van der Waals surface area contributed by atoms with Gasteiger partial charge >= 0.3 is 0 Å². The van der Waals surface area contributed by atoms with E-state index in [0.29, 0.717) is 5.54 Å². The molecule has 0 bridgehead atoms. The molecule has 1 N–H and O–H groups in total. The van der Waals surface area contributed by atoms with Crippen molar-refractivity contribution in [2.75, 3.05) is 13.1 Å². The molecule has 0 aromatic heterocycles. The predicted octanol–water partition coefficient (Wildman–Crippen LogP) is 4.34. The van der Waals surface area contributed by atoms with E-state index in [2.05, 4.69) is 64.3 Å². The predicted molar refractivity (Wildman–Crippen MR) is 92.4 cm³/mol. The summed E-state index contributed by atoms with van der Waals surface area (Å²) in [7, 11) is 0. The summed E-state index contributed by atoms with van der Waals surface area (Å²) in [5, 5.41) is 3.80. The van der Waals surface area contributed by atoms with Crippen molar-refractivity contribution in [2.45, 2.75) is 63.6 Å². The van der Waals surface area contributed by atoms with Crippen molar-refractivity contribution < 1.29 is 0 Å². The largest absolute Gasteiger partial charge is 0.309 e. The molecule has 1 aliphatic carbocycles. The van der Waals surface area contributed by atoms with E-state index in [0.717, 1.165) is 19.6 Å². The van der Waals surface area contributed by atoms with Crippen LogP contribution in [0.4, 0.5) is 0 Å². The Hall–Kier alpha value is -0.380. The summed E-state index contributed by atoms with van der Waals surface area (Å²) in [4.78, 5) is 2.77. The molecular weight excluding hydrogens is 324 g/mol. The highest BCUT2D eigenvalue weighted by Gasteiger charge is 2.44. The first-order valence-corrected chi connectivity index (χ1v) is 9.03. The zero-order chi connectivity index (χ0) is 14.9. The minimum atomic E-state index is 0.217. The number of piperazine rings is 1. The second-order valence-corrected chi connectivity index (χ2v) is 8.42. The summed E-state index contributed by atoms with van der Waals surface area (Å²) in [6, 6.07) is 8.80. The Balaban J connectivity index is 1.83. The maximum atomic E-state index is 3.80. The first-order chi connectivity index (χ1) is 9.99. The maximum absolute atomic E-state index is 3.80. The fourth-order valence-electron chi connectivity index (χ4n) is 4.00. The molecule has 116 valence electrons. The second kappa shape index (κ2) is 6.02. The molecule has 1 saturated carbocycles. The lowest BCUT2D eigenvalue weighted by Crippen LogP contribution is -2.68. The van der Waals surface area contributed by atoms with Crippen LogP contribution in [0.25, 0.3) is 0 Å². The molecule has 0 amide bonds. The minimum Gasteiger partial charge on any atom is -0.309 e. The van der Waals surface area contributed by atoms with Crippen molar-refractivity contribution in [3.8, 4) is 0 Å². The molecule has 1 heterocycles. The highest BCUT2D eigenvalue weighted by molar-refractivity contribution is 9.10. The van der Waals surface area contributed by atoms with E-state index in [-0.39, 0.29) is 5.54 Å². The molecule has 3 heteroatoms. The first kappa shape index (κ1) is 15.5. The summed E-state index contributed by atoms with van der Waals surface area (Å²) in [5.41, 5.74) is 2.03. The standard InChI is InChI=1S/C18H27BrN2/c1-17(2)14-21(12-15-7-6-8-16(19)11-15)18(13-20-17)9-4-3-5-10-18/h6-8,11,20H,3-5,9-10,12-14H2,1-2H3. The third kappa shape index (κ3) is 3.52. The van der Waals surface area contributed by atoms with E-state index in [1.165, 1.54) is 42.1 Å². The molecular formula is C18H27BrN2. The molecule has 1 aliphatic heterocycles. The Morgan fingerprint density at radius 1 is 1.19 bits per heavy atom. The Kier molecular flexibility index (Phi) is 4.45. The Morgan fingerprint density at radius 3 is 2.67 bits per heavy atom. The summed E-state index contributed by atoms with van der Waals surface area (Å²) in [6.07, 6.45) is 6.89. The highest BCUT2D eigenvalue weighted by atomic mass is 79.9. The van der Waals surface area contributed by atoms with Crippen LogP contribution in [0.15, 0.2) is 28.7 Å². The van der Waals surface area contributed by atoms with Crippen LogP contribution in [-0.4, -0.2) is 29.1 Å². The van der Waals surface area contributed by atoms with Gasteiger partial charge in [0.25, 0.3) is 0 Å². The second-order valence-electron chi connectivity index (χ2n) is 7.51. The molecule has 2 aliphatic rings. The van der Waals surface area contributed by atoms with E-state index < -0.39 is 0 Å². The molecule has 1 aromatic carbocycles. The zero-order valence-electron chi connectivity index (χ0n) is 13.3. The van der Waals surface area contributed by atoms with Crippen LogP contribution in [0.5, 0.6) is 0 Å². The fraction of sp³-hybridized carbons (Fsp3) is 0.667. The lowest BCUT2D eigenvalue weighted by atomic mass is 9.76. The summed E-state index contributed by atoms with van der Waals surface area (Å²) >= 11 is 3.61. The van der Waals surface area contributed by atoms with Crippen LogP contribution in [0.1, 0.15) is 51.5 Å². The Bertz CT molecular complexity index is 492. The number of nitrogens with one attached hydrogen (secondary N) is 1. The molecule has 0 unspecified atom stereocenters. The van der Waals surface area contributed by atoms with Crippen LogP contribution in [0.2, 0.25) is 0 Å². The molecule has 2 nitrogen and oxygen atoms in total. The molecule has 2 fully saturated rings. The quantitative estimate of drug-likeness (QED) is 0.853. The minimum absolute atomic E-state index is 0.217. The van der Waals surface area contributed by atoms with Gasteiger partial charge in [0.05, 0.1) is 0 Å². The van der Waals surface area contributed by atoms with Crippen molar-refractivity contribution in [3.63, 3.8) is 0 Å². The van der Waals surface area contributed by atoms with Gasteiger partial charge in [-0.05, 0) is 44.4 Å². The Morgan fingerprint density at radius 2 is 1.95 bits per heavy atom. The number of hydrogen-bond acceptors (Lipinski definition) is 2. The van der Waals surface area contributed by atoms with Crippen molar-refractivity contribution in [2.24, 2.45) is 0 Å². The van der Waals surface area contributed by atoms with Gasteiger partial charge in [-0.25, -0.2) is 0 Å². The monoisotopic (exact) mass is 350 g/mol. The van der Waals surface area contributed by atoms with Crippen molar-refractivity contribution in [1.82, 2.24) is 10.2 Å². The Labute approximate surface area is 137 Å². The summed E-state index contributed by atoms with van der Waals surface area (Å²) < 4.78 is 1.19. The fourth-order valence-corrected chi connectivity index (χ4v) is 4.45. The average molecular weight is 351 g/mol. The molecule has 0 radical (unpaired) electrons. The van der Waals surface area contributed by atoms with E-state index in [9.17, 15) is 0 Å². The smallest absolute Gasteiger partial charge is 0.0338 e. The zero-order valence-corrected chi connectivity index (χ0v) is 14.9. The lowest BCUT2D eigenvalue weighted by molar-refractivity contribution is -0.0161. The maximum Gasteiger partial charge on any atom is 0.0338 e. The third-order valence-corrected chi connectivity index (χ3v) is 5.69. The van der Waals surface area contributed by atoms with Crippen LogP contribution in [-0.2, 0) is 6.54 Å². The molecule has 0 atom stereocenters. The first-order valence-electron chi connectivity index (χ1n) is 8.24. The van der Waals surface area contributed by atoms with Crippen LogP contribution in [0, 0.1) is 0 Å². The highest BCUT2D eigenvalue weighted by Crippen LogP contribution is 2.38. The van der Waals surface area contributed by atoms with E-state index >= 15 is 0 Å². The number of nitrogens with zero attached hydrogens (tertiary/aromatic N) is 1. The van der Waals surface area contributed by atoms with Crippen LogP contribution < -0.4 is 5.32 Å². The van der Waals surface area contributed by atoms with Gasteiger partial charge in [-0.15, -0.1) is 0 Å². The van der Waals surface area contributed by atoms with Crippen molar-refractivity contribution in [1.29, 1.82) is 0 Å². The number of hydrogen-bond donors (Lipinski definition) is 1. The molecule has 1 aromatic rings. The van der Waals surface area contributed by atoms with E-state index in [1.807, 2.05) is 0 Å². The van der Waals surface area contributed by atoms with Crippen molar-refractivity contribution in [3.05, 3.63) is 34.3 Å². The molecule has 21 heavy (non-hydrogen) atoms.